The molecule has 0 aliphatic heterocycles. The minimum atomic E-state index is -0.216. The fourth-order valence-electron chi connectivity index (χ4n) is 1.77. The van der Waals surface area contributed by atoms with Crippen LogP contribution < -0.4 is 5.32 Å². The van der Waals surface area contributed by atoms with Gasteiger partial charge in [-0.25, -0.2) is 0 Å². The molecular weight excluding hydrogens is 262 g/mol. The lowest BCUT2D eigenvalue weighted by atomic mass is 10.2. The lowest BCUT2D eigenvalue weighted by molar-refractivity contribution is -0.143. The smallest absolute Gasteiger partial charge is 0.322 e. The highest BCUT2D eigenvalue weighted by atomic mass is 32.2. The molecular formula is C13H23N3O2S. The molecule has 1 N–H and O–H groups in total. The van der Waals surface area contributed by atoms with Gasteiger partial charge in [0, 0.05) is 12.8 Å². The maximum Gasteiger partial charge on any atom is 0.322 e. The zero-order valence-corrected chi connectivity index (χ0v) is 12.9. The summed E-state index contributed by atoms with van der Waals surface area (Å²) in [6.45, 7) is 4.88. The molecule has 0 aromatic carbocycles. The number of aromatic nitrogens is 2. The van der Waals surface area contributed by atoms with E-state index in [0.717, 1.165) is 35.9 Å². The van der Waals surface area contributed by atoms with Crippen molar-refractivity contribution in [2.24, 2.45) is 7.05 Å². The Kier molecular flexibility index (Phi) is 6.94. The molecule has 108 valence electrons. The first-order valence-corrected chi connectivity index (χ1v) is 7.51. The Morgan fingerprint density at radius 1 is 1.63 bits per heavy atom. The van der Waals surface area contributed by atoms with Crippen LogP contribution in [0.2, 0.25) is 0 Å². The van der Waals surface area contributed by atoms with Gasteiger partial charge in [-0.2, -0.15) is 5.10 Å². The number of rotatable bonds is 8. The maximum absolute atomic E-state index is 11.6. The number of nitrogens with one attached hydrogen (secondary N) is 1. The zero-order chi connectivity index (χ0) is 14.3. The molecule has 1 aromatic rings. The number of thioether (sulfide) groups is 1. The number of nitrogens with zero attached hydrogens (tertiary/aromatic N) is 2. The Labute approximate surface area is 119 Å². The van der Waals surface area contributed by atoms with Crippen molar-refractivity contribution in [1.82, 2.24) is 15.1 Å². The SMILES string of the molecule is CCCNC(CCSc1cc(C)nn1C)C(=O)OC. The number of methoxy groups -OCH3 is 1. The third-order valence-electron chi connectivity index (χ3n) is 2.74. The average Bonchev–Trinajstić information content (AvgIpc) is 2.71. The summed E-state index contributed by atoms with van der Waals surface area (Å²) in [4.78, 5) is 11.6. The molecule has 1 heterocycles. The second kappa shape index (κ2) is 8.22. The first-order chi connectivity index (χ1) is 9.08. The number of ether oxygens (including phenoxy) is 1. The maximum atomic E-state index is 11.6. The van der Waals surface area contributed by atoms with Gasteiger partial charge in [-0.05, 0) is 32.4 Å². The Bertz CT molecular complexity index is 407. The summed E-state index contributed by atoms with van der Waals surface area (Å²) in [7, 11) is 3.36. The normalized spacial score (nSPS) is 12.4. The molecule has 0 aliphatic rings. The molecule has 0 spiro atoms. The van der Waals surface area contributed by atoms with Crippen LogP contribution in [0.15, 0.2) is 11.1 Å². The first-order valence-electron chi connectivity index (χ1n) is 6.53. The van der Waals surface area contributed by atoms with E-state index in [0.29, 0.717) is 0 Å². The van der Waals surface area contributed by atoms with Crippen LogP contribution in [0.25, 0.3) is 0 Å². The summed E-state index contributed by atoms with van der Waals surface area (Å²) in [6.07, 6.45) is 1.75. The van der Waals surface area contributed by atoms with Gasteiger partial charge in [0.1, 0.15) is 6.04 Å². The van der Waals surface area contributed by atoms with Crippen LogP contribution in [0.4, 0.5) is 0 Å². The topological polar surface area (TPSA) is 56.2 Å². The van der Waals surface area contributed by atoms with Gasteiger partial charge in [0.15, 0.2) is 0 Å². The minimum absolute atomic E-state index is 0.185. The van der Waals surface area contributed by atoms with Gasteiger partial charge in [-0.15, -0.1) is 11.8 Å². The summed E-state index contributed by atoms with van der Waals surface area (Å²) in [6, 6.07) is 1.84. The van der Waals surface area contributed by atoms with Gasteiger partial charge in [0.2, 0.25) is 0 Å². The molecule has 1 atom stereocenters. The lowest BCUT2D eigenvalue weighted by Crippen LogP contribution is -2.38. The summed E-state index contributed by atoms with van der Waals surface area (Å²) < 4.78 is 6.68. The molecule has 1 unspecified atom stereocenters. The number of hydrogen-bond donors (Lipinski definition) is 1. The second-order valence-electron chi connectivity index (χ2n) is 4.41. The molecule has 0 fully saturated rings. The van der Waals surface area contributed by atoms with Crippen molar-refractivity contribution in [2.45, 2.75) is 37.8 Å². The molecule has 0 radical (unpaired) electrons. The molecule has 0 saturated heterocycles. The van der Waals surface area contributed by atoms with E-state index in [1.54, 1.807) is 11.8 Å². The van der Waals surface area contributed by atoms with E-state index in [1.165, 1.54) is 7.11 Å². The number of aryl methyl sites for hydroxylation is 2. The Hall–Kier alpha value is -1.01. The van der Waals surface area contributed by atoms with Crippen molar-refractivity contribution in [3.8, 4) is 0 Å². The monoisotopic (exact) mass is 285 g/mol. The summed E-state index contributed by atoms with van der Waals surface area (Å²) in [5, 5.41) is 8.64. The number of carbonyl (C=O) groups is 1. The second-order valence-corrected chi connectivity index (χ2v) is 5.53. The van der Waals surface area contributed by atoms with Crippen molar-refractivity contribution in [1.29, 1.82) is 0 Å². The number of carbonyl (C=O) groups excluding carboxylic acids is 1. The van der Waals surface area contributed by atoms with E-state index in [1.807, 2.05) is 18.7 Å². The van der Waals surface area contributed by atoms with Gasteiger partial charge >= 0.3 is 5.97 Å². The standard InChI is InChI=1S/C13H23N3O2S/c1-5-7-14-11(13(17)18-4)6-8-19-12-9-10(2)15-16(12)3/h9,11,14H,5-8H2,1-4H3. The lowest BCUT2D eigenvalue weighted by Gasteiger charge is -2.15. The fraction of sp³-hybridized carbons (Fsp3) is 0.692. The highest BCUT2D eigenvalue weighted by Gasteiger charge is 2.18. The van der Waals surface area contributed by atoms with Crippen LogP contribution in [-0.4, -0.2) is 41.2 Å². The Balaban J connectivity index is 2.43. The molecule has 5 nitrogen and oxygen atoms in total. The summed E-state index contributed by atoms with van der Waals surface area (Å²) in [5.74, 6) is 0.672. The molecule has 0 bridgehead atoms. The van der Waals surface area contributed by atoms with Crippen LogP contribution in [0.1, 0.15) is 25.5 Å². The molecule has 1 aromatic heterocycles. The average molecular weight is 285 g/mol. The van der Waals surface area contributed by atoms with Crippen molar-refractivity contribution in [2.75, 3.05) is 19.4 Å². The fourth-order valence-corrected chi connectivity index (χ4v) is 2.81. The van der Waals surface area contributed by atoms with Gasteiger partial charge < -0.3 is 10.1 Å². The van der Waals surface area contributed by atoms with Crippen molar-refractivity contribution in [3.05, 3.63) is 11.8 Å². The molecule has 0 aliphatic carbocycles. The van der Waals surface area contributed by atoms with E-state index in [2.05, 4.69) is 23.4 Å². The van der Waals surface area contributed by atoms with Crippen LogP contribution in [-0.2, 0) is 16.6 Å². The molecule has 6 heteroatoms. The van der Waals surface area contributed by atoms with E-state index in [4.69, 9.17) is 4.74 Å². The highest BCUT2D eigenvalue weighted by molar-refractivity contribution is 7.99. The van der Waals surface area contributed by atoms with Gasteiger partial charge in [0.05, 0.1) is 17.8 Å². The van der Waals surface area contributed by atoms with E-state index >= 15 is 0 Å². The van der Waals surface area contributed by atoms with Crippen molar-refractivity contribution < 1.29 is 9.53 Å². The predicted octanol–water partition coefficient (Wildman–Crippen LogP) is 1.75. The van der Waals surface area contributed by atoms with Crippen LogP contribution in [0.3, 0.4) is 0 Å². The van der Waals surface area contributed by atoms with Crippen molar-refractivity contribution >= 4 is 17.7 Å². The van der Waals surface area contributed by atoms with Crippen LogP contribution >= 0.6 is 11.8 Å². The third-order valence-corrected chi connectivity index (χ3v) is 3.86. The van der Waals surface area contributed by atoms with Gasteiger partial charge in [-0.1, -0.05) is 6.92 Å². The minimum Gasteiger partial charge on any atom is -0.468 e. The van der Waals surface area contributed by atoms with Crippen molar-refractivity contribution in [3.63, 3.8) is 0 Å². The number of esters is 1. The first kappa shape index (κ1) is 16.0. The van der Waals surface area contributed by atoms with Crippen LogP contribution in [0, 0.1) is 6.92 Å². The predicted molar refractivity (Wildman–Crippen MR) is 77.4 cm³/mol. The Morgan fingerprint density at radius 3 is 2.89 bits per heavy atom. The van der Waals surface area contributed by atoms with Gasteiger partial charge in [0.25, 0.3) is 0 Å². The van der Waals surface area contributed by atoms with E-state index in [-0.39, 0.29) is 12.0 Å². The largest absolute Gasteiger partial charge is 0.468 e. The summed E-state index contributed by atoms with van der Waals surface area (Å²) in [5.41, 5.74) is 1.01. The van der Waals surface area contributed by atoms with Crippen LogP contribution in [0.5, 0.6) is 0 Å². The quantitative estimate of drug-likeness (QED) is 0.582. The Morgan fingerprint density at radius 2 is 2.37 bits per heavy atom. The highest BCUT2D eigenvalue weighted by Crippen LogP contribution is 2.19. The third kappa shape index (κ3) is 5.24. The molecule has 1 rings (SSSR count). The molecule has 0 saturated carbocycles. The van der Waals surface area contributed by atoms with Gasteiger partial charge in [-0.3, -0.25) is 9.48 Å². The van der Waals surface area contributed by atoms with E-state index in [9.17, 15) is 4.79 Å². The molecule has 0 amide bonds. The number of hydrogen-bond acceptors (Lipinski definition) is 5. The zero-order valence-electron chi connectivity index (χ0n) is 12.1. The molecule has 19 heavy (non-hydrogen) atoms. The van der Waals surface area contributed by atoms with E-state index < -0.39 is 0 Å². The summed E-state index contributed by atoms with van der Waals surface area (Å²) >= 11 is 1.71.